The monoisotopic (exact) mass is 383 g/mol. The first-order valence-corrected chi connectivity index (χ1v) is 9.85. The molecule has 0 saturated carbocycles. The molecule has 0 aliphatic rings. The van der Waals surface area contributed by atoms with Crippen LogP contribution in [0.1, 0.15) is 16.1 Å². The molecule has 132 valence electrons. The van der Waals surface area contributed by atoms with Gasteiger partial charge < -0.3 is 9.30 Å². The number of hydrogen-bond donors (Lipinski definition) is 0. The highest BCUT2D eigenvalue weighted by Crippen LogP contribution is 2.31. The first kappa shape index (κ1) is 16.9. The van der Waals surface area contributed by atoms with Gasteiger partial charge in [-0.1, -0.05) is 12.1 Å². The number of benzene rings is 1. The van der Waals surface area contributed by atoms with Crippen molar-refractivity contribution in [3.05, 3.63) is 58.2 Å². The van der Waals surface area contributed by atoms with E-state index in [4.69, 9.17) is 4.74 Å². The first-order chi connectivity index (χ1) is 12.6. The van der Waals surface area contributed by atoms with Crippen LogP contribution in [-0.2, 0) is 29.6 Å². The van der Waals surface area contributed by atoms with E-state index in [0.717, 1.165) is 37.1 Å². The van der Waals surface area contributed by atoms with E-state index < -0.39 is 0 Å². The van der Waals surface area contributed by atoms with E-state index in [1.165, 1.54) is 0 Å². The summed E-state index contributed by atoms with van der Waals surface area (Å²) < 4.78 is 7.41. The second kappa shape index (κ2) is 7.01. The highest BCUT2D eigenvalue weighted by Gasteiger charge is 2.14. The van der Waals surface area contributed by atoms with Gasteiger partial charge >= 0.3 is 5.97 Å². The summed E-state index contributed by atoms with van der Waals surface area (Å²) in [5.41, 5.74) is 3.79. The minimum Gasteiger partial charge on any atom is -0.461 e. The number of ether oxygens (including phenoxy) is 1. The second-order valence-corrected chi connectivity index (χ2v) is 8.05. The van der Waals surface area contributed by atoms with E-state index in [0.29, 0.717) is 0 Å². The van der Waals surface area contributed by atoms with E-state index >= 15 is 0 Å². The summed E-state index contributed by atoms with van der Waals surface area (Å²) in [6, 6.07) is 9.95. The van der Waals surface area contributed by atoms with Crippen LogP contribution < -0.4 is 0 Å². The van der Waals surface area contributed by atoms with Crippen LogP contribution >= 0.6 is 22.7 Å². The average Bonchev–Trinajstić information content (AvgIpc) is 3.35. The molecule has 4 rings (SSSR count). The van der Waals surface area contributed by atoms with Gasteiger partial charge in [-0.3, -0.25) is 4.79 Å². The largest absolute Gasteiger partial charge is 0.461 e. The quantitative estimate of drug-likeness (QED) is 0.481. The Balaban J connectivity index is 1.40. The van der Waals surface area contributed by atoms with Crippen molar-refractivity contribution < 1.29 is 9.53 Å². The van der Waals surface area contributed by atoms with Crippen molar-refractivity contribution in [2.45, 2.75) is 20.0 Å². The molecule has 0 amide bonds. The van der Waals surface area contributed by atoms with Crippen LogP contribution in [0.3, 0.4) is 0 Å². The fourth-order valence-corrected chi connectivity index (χ4v) is 4.56. The summed E-state index contributed by atoms with van der Waals surface area (Å²) in [4.78, 5) is 23.2. The number of fused-ring (bicyclic) bond motifs is 1. The van der Waals surface area contributed by atoms with Gasteiger partial charge in [-0.15, -0.1) is 22.7 Å². The lowest BCUT2D eigenvalue weighted by Gasteiger charge is -2.05. The third kappa shape index (κ3) is 3.40. The normalized spacial score (nSPS) is 11.2. The number of rotatable bonds is 5. The molecule has 0 atom stereocenters. The first-order valence-electron chi connectivity index (χ1n) is 8.16. The number of nitrogens with zero attached hydrogens (tertiary/aromatic N) is 3. The third-order valence-electron chi connectivity index (χ3n) is 4.12. The average molecular weight is 383 g/mol. The number of imidazole rings is 1. The predicted octanol–water partition coefficient (Wildman–Crippen LogP) is 4.35. The Morgan fingerprint density at radius 1 is 1.31 bits per heavy atom. The minimum absolute atomic E-state index is 0.240. The number of carbonyl (C=O) groups excluding carboxylic acids is 1. The summed E-state index contributed by atoms with van der Waals surface area (Å²) in [7, 11) is 1.96. The van der Waals surface area contributed by atoms with Gasteiger partial charge in [0.2, 0.25) is 0 Å². The maximum absolute atomic E-state index is 12.2. The molecule has 1 aromatic carbocycles. The van der Waals surface area contributed by atoms with Gasteiger partial charge in [0.1, 0.15) is 11.6 Å². The molecule has 0 bridgehead atoms. The van der Waals surface area contributed by atoms with Crippen molar-refractivity contribution in [3.8, 4) is 9.88 Å². The summed E-state index contributed by atoms with van der Waals surface area (Å²) in [5.74, 6) is -0.240. The fourth-order valence-electron chi connectivity index (χ4n) is 2.72. The number of aryl methyl sites for hydroxylation is 2. The van der Waals surface area contributed by atoms with E-state index in [1.54, 1.807) is 29.0 Å². The zero-order valence-electron chi connectivity index (χ0n) is 14.4. The molecule has 0 aliphatic heterocycles. The molecule has 0 spiro atoms. The molecule has 0 aliphatic carbocycles. The van der Waals surface area contributed by atoms with Crippen molar-refractivity contribution in [2.24, 2.45) is 7.05 Å². The van der Waals surface area contributed by atoms with Crippen molar-refractivity contribution in [3.63, 3.8) is 0 Å². The van der Waals surface area contributed by atoms with Crippen molar-refractivity contribution >= 4 is 39.7 Å². The topological polar surface area (TPSA) is 57.0 Å². The van der Waals surface area contributed by atoms with Gasteiger partial charge in [-0.25, -0.2) is 9.97 Å². The van der Waals surface area contributed by atoms with Crippen LogP contribution in [0.5, 0.6) is 0 Å². The smallest absolute Gasteiger partial charge is 0.311 e. The van der Waals surface area contributed by atoms with Gasteiger partial charge in [0.25, 0.3) is 0 Å². The van der Waals surface area contributed by atoms with Crippen molar-refractivity contribution in [1.82, 2.24) is 14.5 Å². The highest BCUT2D eigenvalue weighted by atomic mass is 32.1. The van der Waals surface area contributed by atoms with Gasteiger partial charge in [0, 0.05) is 11.9 Å². The van der Waals surface area contributed by atoms with E-state index in [2.05, 4.69) is 9.97 Å². The highest BCUT2D eigenvalue weighted by molar-refractivity contribution is 7.21. The van der Waals surface area contributed by atoms with E-state index in [9.17, 15) is 4.79 Å². The standard InChI is InChI=1S/C19H17N3O2S2/c1-12-17(26-19(21-12)16-4-3-7-25-16)9-18(23)24-10-13-5-6-15-14(8-13)20-11-22(15)2/h3-8,11H,9-10H2,1-2H3. The van der Waals surface area contributed by atoms with Crippen LogP contribution in [0.15, 0.2) is 42.0 Å². The number of thiazole rings is 1. The summed E-state index contributed by atoms with van der Waals surface area (Å²) in [5, 5.41) is 2.99. The van der Waals surface area contributed by atoms with E-state index in [1.807, 2.05) is 54.3 Å². The molecule has 3 heterocycles. The summed E-state index contributed by atoms with van der Waals surface area (Å²) in [6.07, 6.45) is 2.03. The fraction of sp³-hybridized carbons (Fsp3) is 0.211. The number of aromatic nitrogens is 3. The van der Waals surface area contributed by atoms with E-state index in [-0.39, 0.29) is 19.0 Å². The second-order valence-electron chi connectivity index (χ2n) is 6.02. The zero-order valence-corrected chi connectivity index (χ0v) is 16.1. The van der Waals surface area contributed by atoms with Crippen molar-refractivity contribution in [1.29, 1.82) is 0 Å². The Labute approximate surface area is 158 Å². The van der Waals surface area contributed by atoms with Crippen molar-refractivity contribution in [2.75, 3.05) is 0 Å². The van der Waals surface area contributed by atoms with Gasteiger partial charge in [0.15, 0.2) is 0 Å². The molecular formula is C19H17N3O2S2. The molecule has 0 fully saturated rings. The maximum atomic E-state index is 12.2. The lowest BCUT2D eigenvalue weighted by Crippen LogP contribution is -2.07. The molecule has 26 heavy (non-hydrogen) atoms. The van der Waals surface area contributed by atoms with Crippen LogP contribution in [0.4, 0.5) is 0 Å². The molecule has 0 saturated heterocycles. The maximum Gasteiger partial charge on any atom is 0.311 e. The molecule has 3 aromatic heterocycles. The number of esters is 1. The minimum atomic E-state index is -0.240. The van der Waals surface area contributed by atoms with Crippen LogP contribution in [0, 0.1) is 6.92 Å². The van der Waals surface area contributed by atoms with Gasteiger partial charge in [-0.05, 0) is 36.1 Å². The zero-order chi connectivity index (χ0) is 18.1. The molecular weight excluding hydrogens is 366 g/mol. The van der Waals surface area contributed by atoms with Crippen LogP contribution in [0.25, 0.3) is 20.9 Å². The predicted molar refractivity (Wildman–Crippen MR) is 104 cm³/mol. The summed E-state index contributed by atoms with van der Waals surface area (Å²) in [6.45, 7) is 2.19. The number of hydrogen-bond acceptors (Lipinski definition) is 6. The Morgan fingerprint density at radius 2 is 2.19 bits per heavy atom. The molecule has 4 aromatic rings. The Kier molecular flexibility index (Phi) is 4.57. The Hall–Kier alpha value is -2.51. The Bertz CT molecular complexity index is 1060. The molecule has 0 N–H and O–H groups in total. The van der Waals surface area contributed by atoms with Gasteiger partial charge in [0.05, 0.1) is 34.4 Å². The Morgan fingerprint density at radius 3 is 3.00 bits per heavy atom. The van der Waals surface area contributed by atoms with Crippen LogP contribution in [0.2, 0.25) is 0 Å². The van der Waals surface area contributed by atoms with Gasteiger partial charge in [-0.2, -0.15) is 0 Å². The number of carbonyl (C=O) groups is 1. The molecule has 7 heteroatoms. The lowest BCUT2D eigenvalue weighted by molar-refractivity contribution is -0.144. The lowest BCUT2D eigenvalue weighted by atomic mass is 10.2. The SMILES string of the molecule is Cc1nc(-c2cccs2)sc1CC(=O)OCc1ccc2c(c1)ncn2C. The molecule has 0 radical (unpaired) electrons. The molecule has 5 nitrogen and oxygen atoms in total. The summed E-state index contributed by atoms with van der Waals surface area (Å²) >= 11 is 3.21. The van der Waals surface area contributed by atoms with Crippen LogP contribution in [-0.4, -0.2) is 20.5 Å². The molecule has 0 unspecified atom stereocenters. The number of thiophene rings is 1. The third-order valence-corrected chi connectivity index (χ3v) is 6.32.